The number of nitrogens with one attached hydrogen (secondary N) is 3. The van der Waals surface area contributed by atoms with Gasteiger partial charge < -0.3 is 35.1 Å². The third-order valence-corrected chi connectivity index (χ3v) is 6.63. The van der Waals surface area contributed by atoms with Crippen molar-refractivity contribution in [2.75, 3.05) is 19.8 Å². The van der Waals surface area contributed by atoms with Crippen molar-refractivity contribution in [2.24, 2.45) is 5.10 Å². The Kier molecular flexibility index (Phi) is 13.8. The van der Waals surface area contributed by atoms with Crippen molar-refractivity contribution in [1.82, 2.24) is 16.1 Å². The Morgan fingerprint density at radius 2 is 1.64 bits per heavy atom. The number of hydrogen-bond donors (Lipinski definition) is 5. The van der Waals surface area contributed by atoms with Crippen LogP contribution < -0.4 is 20.8 Å². The van der Waals surface area contributed by atoms with Gasteiger partial charge in [0.25, 0.3) is 5.91 Å². The number of nitrogens with zero attached hydrogens (tertiary/aromatic N) is 1. The summed E-state index contributed by atoms with van der Waals surface area (Å²) < 4.78 is 15.9. The van der Waals surface area contributed by atoms with Gasteiger partial charge in [0.1, 0.15) is 30.2 Å². The maximum absolute atomic E-state index is 13.1. The number of amides is 3. The van der Waals surface area contributed by atoms with Gasteiger partial charge in [0.05, 0.1) is 23.9 Å². The van der Waals surface area contributed by atoms with Gasteiger partial charge in [-0.1, -0.05) is 42.5 Å². The molecule has 14 heteroatoms. The number of rotatable bonds is 15. The fourth-order valence-corrected chi connectivity index (χ4v) is 4.26. The normalized spacial score (nSPS) is 12.1. The summed E-state index contributed by atoms with van der Waals surface area (Å²) >= 11 is 3.36. The van der Waals surface area contributed by atoms with Crippen LogP contribution in [0.2, 0.25) is 0 Å². The number of benzene rings is 3. The number of alkyl carbamates (subject to hydrolysis) is 1. The Morgan fingerprint density at radius 1 is 0.911 bits per heavy atom. The first-order chi connectivity index (χ1) is 21.7. The molecule has 0 aromatic heterocycles. The zero-order valence-electron chi connectivity index (χ0n) is 24.3. The van der Waals surface area contributed by atoms with Crippen molar-refractivity contribution in [1.29, 1.82) is 0 Å². The Morgan fingerprint density at radius 3 is 2.31 bits per heavy atom. The molecule has 0 radical (unpaired) electrons. The van der Waals surface area contributed by atoms with Crippen LogP contribution in [-0.4, -0.2) is 72.2 Å². The molecule has 0 spiro atoms. The molecule has 3 aromatic rings. The number of carbonyl (C=O) groups is 4. The number of aliphatic hydroxyl groups is 1. The predicted molar refractivity (Wildman–Crippen MR) is 166 cm³/mol. The van der Waals surface area contributed by atoms with E-state index in [9.17, 15) is 29.4 Å². The minimum absolute atomic E-state index is 0.00201. The number of aliphatic hydroxyl groups excluding tert-OH is 1. The maximum atomic E-state index is 13.1. The lowest BCUT2D eigenvalue weighted by molar-refractivity contribution is -0.145. The van der Waals surface area contributed by atoms with Crippen LogP contribution in [0.25, 0.3) is 0 Å². The quantitative estimate of drug-likeness (QED) is 0.0912. The number of esters is 1. The van der Waals surface area contributed by atoms with E-state index in [-0.39, 0.29) is 32.0 Å². The number of hydrogen-bond acceptors (Lipinski definition) is 10. The number of carbonyl (C=O) groups excluding carboxylic acids is 4. The minimum atomic E-state index is -1.41. The molecule has 0 aliphatic rings. The Labute approximate surface area is 267 Å². The average molecular weight is 686 g/mol. The van der Waals surface area contributed by atoms with Crippen molar-refractivity contribution in [3.63, 3.8) is 0 Å². The number of hydrazone groups is 1. The maximum Gasteiger partial charge on any atom is 0.408 e. The molecule has 5 N–H and O–H groups in total. The van der Waals surface area contributed by atoms with Gasteiger partial charge in [-0.15, -0.1) is 0 Å². The molecule has 0 saturated heterocycles. The first-order valence-corrected chi connectivity index (χ1v) is 14.5. The summed E-state index contributed by atoms with van der Waals surface area (Å²) in [5.41, 5.74) is 4.29. The van der Waals surface area contributed by atoms with E-state index in [4.69, 9.17) is 14.2 Å². The molecule has 238 valence electrons. The monoisotopic (exact) mass is 684 g/mol. The fourth-order valence-electron chi connectivity index (χ4n) is 3.75. The lowest BCUT2D eigenvalue weighted by atomic mass is 10.0. The van der Waals surface area contributed by atoms with E-state index < -0.39 is 42.6 Å². The van der Waals surface area contributed by atoms with Gasteiger partial charge in [-0.05, 0) is 69.9 Å². The summed E-state index contributed by atoms with van der Waals surface area (Å²) in [6.45, 7) is 0.876. The molecule has 0 fully saturated rings. The lowest BCUT2D eigenvalue weighted by Crippen LogP contribution is -2.55. The number of aromatic hydroxyl groups is 1. The molecule has 3 aromatic carbocycles. The third kappa shape index (κ3) is 11.9. The molecular weight excluding hydrogens is 652 g/mol. The molecule has 0 bridgehead atoms. The van der Waals surface area contributed by atoms with Gasteiger partial charge in [-0.25, -0.2) is 15.0 Å². The first kappa shape index (κ1) is 34.5. The number of halogens is 1. The largest absolute Gasteiger partial charge is 0.508 e. The average Bonchev–Trinajstić information content (AvgIpc) is 3.03. The minimum Gasteiger partial charge on any atom is -0.508 e. The molecule has 2 atom stereocenters. The van der Waals surface area contributed by atoms with Gasteiger partial charge in [-0.3, -0.25) is 9.59 Å². The molecular formula is C31H33BrN4O9. The zero-order valence-corrected chi connectivity index (χ0v) is 25.9. The van der Waals surface area contributed by atoms with E-state index in [1.54, 1.807) is 61.5 Å². The number of phenolic OH excluding ortho intramolecular Hbond substituents is 1. The molecule has 0 aliphatic carbocycles. The summed E-state index contributed by atoms with van der Waals surface area (Å²) in [6, 6.07) is 17.2. The highest BCUT2D eigenvalue weighted by Crippen LogP contribution is 2.25. The summed E-state index contributed by atoms with van der Waals surface area (Å²) in [6.07, 6.45) is 0.431. The second-order valence-corrected chi connectivity index (χ2v) is 10.2. The highest BCUT2D eigenvalue weighted by Gasteiger charge is 2.27. The van der Waals surface area contributed by atoms with E-state index in [0.717, 1.165) is 5.56 Å². The van der Waals surface area contributed by atoms with Gasteiger partial charge >= 0.3 is 12.1 Å². The molecule has 13 nitrogen and oxygen atoms in total. The Balaban J connectivity index is 1.63. The van der Waals surface area contributed by atoms with E-state index in [1.165, 1.54) is 18.3 Å². The van der Waals surface area contributed by atoms with Crippen molar-refractivity contribution in [2.45, 2.75) is 32.0 Å². The standard InChI is InChI=1S/C31H33BrN4O9/c1-2-43-28(39)19-44-27-13-10-22(14-24(27)32)16-33-36-30(41)25(15-20-8-11-23(38)12-9-20)34-29(40)26(17-37)35-31(42)45-18-21-6-4-3-5-7-21/h3-14,16,25-26,37-38H,2,15,17-19H2,1H3,(H,34,40)(H,35,42)(H,36,41)/b33-16-/t25-,26-/m0/s1. The SMILES string of the molecule is CCOC(=O)COc1ccc(/C=N\NC(=O)[C@H](Cc2ccc(O)cc2)NC(=O)[C@H](CO)NC(=O)OCc2ccccc2)cc1Br. The lowest BCUT2D eigenvalue weighted by Gasteiger charge is -2.21. The Hall–Kier alpha value is -4.95. The van der Waals surface area contributed by atoms with Crippen molar-refractivity contribution in [3.8, 4) is 11.5 Å². The number of ether oxygens (including phenoxy) is 3. The summed E-state index contributed by atoms with van der Waals surface area (Å²) in [5, 5.41) is 28.2. The van der Waals surface area contributed by atoms with Crippen LogP contribution in [0.5, 0.6) is 11.5 Å². The van der Waals surface area contributed by atoms with Crippen LogP contribution in [0.4, 0.5) is 4.79 Å². The molecule has 3 rings (SSSR count). The van der Waals surface area contributed by atoms with Crippen molar-refractivity contribution < 1.29 is 43.6 Å². The highest BCUT2D eigenvalue weighted by molar-refractivity contribution is 9.10. The fraction of sp³-hybridized carbons (Fsp3) is 0.258. The highest BCUT2D eigenvalue weighted by atomic mass is 79.9. The van der Waals surface area contributed by atoms with E-state index in [0.29, 0.717) is 21.3 Å². The zero-order chi connectivity index (χ0) is 32.6. The Bertz CT molecular complexity index is 1470. The second-order valence-electron chi connectivity index (χ2n) is 9.39. The molecule has 0 saturated carbocycles. The van der Waals surface area contributed by atoms with E-state index in [1.807, 2.05) is 6.07 Å². The smallest absolute Gasteiger partial charge is 0.408 e. The van der Waals surface area contributed by atoms with Crippen molar-refractivity contribution in [3.05, 3.63) is 94.0 Å². The summed E-state index contributed by atoms with van der Waals surface area (Å²) in [5.74, 6) is -1.60. The summed E-state index contributed by atoms with van der Waals surface area (Å²) in [4.78, 5) is 49.9. The van der Waals surface area contributed by atoms with E-state index in [2.05, 4.69) is 37.1 Å². The van der Waals surface area contributed by atoms with Crippen LogP contribution in [0.1, 0.15) is 23.6 Å². The molecule has 0 aliphatic heterocycles. The molecule has 45 heavy (non-hydrogen) atoms. The third-order valence-electron chi connectivity index (χ3n) is 6.01. The van der Waals surface area contributed by atoms with Gasteiger partial charge in [0.2, 0.25) is 5.91 Å². The van der Waals surface area contributed by atoms with Crippen molar-refractivity contribution >= 4 is 46.0 Å². The molecule has 0 unspecified atom stereocenters. The summed E-state index contributed by atoms with van der Waals surface area (Å²) in [7, 11) is 0. The second kappa shape index (κ2) is 18.0. The first-order valence-electron chi connectivity index (χ1n) is 13.8. The number of phenols is 1. The van der Waals surface area contributed by atoms with Gasteiger partial charge in [-0.2, -0.15) is 5.10 Å². The van der Waals surface area contributed by atoms with Gasteiger partial charge in [0, 0.05) is 6.42 Å². The van der Waals surface area contributed by atoms with E-state index >= 15 is 0 Å². The van der Waals surface area contributed by atoms with Crippen LogP contribution >= 0.6 is 15.9 Å². The van der Waals surface area contributed by atoms with Crippen LogP contribution in [0, 0.1) is 0 Å². The van der Waals surface area contributed by atoms with Gasteiger partial charge in [0.15, 0.2) is 6.61 Å². The molecule has 3 amide bonds. The predicted octanol–water partition coefficient (Wildman–Crippen LogP) is 2.56. The molecule has 0 heterocycles. The van der Waals surface area contributed by atoms with Crippen LogP contribution in [0.15, 0.2) is 82.4 Å². The topological polar surface area (TPSA) is 185 Å². The van der Waals surface area contributed by atoms with Crippen LogP contribution in [0.3, 0.4) is 0 Å². The van der Waals surface area contributed by atoms with Crippen LogP contribution in [-0.2, 0) is 36.9 Å².